The van der Waals surface area contributed by atoms with Gasteiger partial charge in [-0.25, -0.2) is 0 Å². The fourth-order valence-electron chi connectivity index (χ4n) is 4.94. The van der Waals surface area contributed by atoms with Gasteiger partial charge in [-0.05, 0) is 76.5 Å². The van der Waals surface area contributed by atoms with Crippen molar-refractivity contribution in [3.8, 4) is 5.75 Å². The van der Waals surface area contributed by atoms with Crippen molar-refractivity contribution in [2.24, 2.45) is 16.7 Å². The minimum Gasteiger partial charge on any atom is -0.507 e. The van der Waals surface area contributed by atoms with E-state index in [1.165, 1.54) is 0 Å². The number of carbonyl (C=O) groups is 1. The fraction of sp³-hybridized carbons (Fsp3) is 0.609. The summed E-state index contributed by atoms with van der Waals surface area (Å²) in [6, 6.07) is 4.13. The van der Waals surface area contributed by atoms with Gasteiger partial charge in [0.25, 0.3) is 0 Å². The number of fused-ring (bicyclic) bond motifs is 2. The minimum absolute atomic E-state index is 0.0363. The van der Waals surface area contributed by atoms with Gasteiger partial charge in [0.2, 0.25) is 0 Å². The Hall–Kier alpha value is -1.57. The van der Waals surface area contributed by atoms with Gasteiger partial charge >= 0.3 is 0 Å². The monoisotopic (exact) mass is 340 g/mol. The first-order valence-corrected chi connectivity index (χ1v) is 9.64. The Morgan fingerprint density at radius 2 is 1.60 bits per heavy atom. The Morgan fingerprint density at radius 1 is 1.08 bits per heavy atom. The highest BCUT2D eigenvalue weighted by Crippen LogP contribution is 2.65. The number of Topliss-reactive ketones (excluding diaryl/α,β-unsaturated/α-hetero) is 1. The first kappa shape index (κ1) is 18.2. The van der Waals surface area contributed by atoms with Gasteiger partial charge in [-0.15, -0.1) is 0 Å². The summed E-state index contributed by atoms with van der Waals surface area (Å²) >= 11 is 0. The van der Waals surface area contributed by atoms with Gasteiger partial charge < -0.3 is 5.11 Å². The van der Waals surface area contributed by atoms with Crippen LogP contribution in [0.4, 0.5) is 0 Å². The smallest absolute Gasteiger partial charge is 0.165 e. The molecule has 2 fully saturated rings. The summed E-state index contributed by atoms with van der Waals surface area (Å²) in [7, 11) is 0. The lowest BCUT2D eigenvalue weighted by Gasteiger charge is -2.31. The number of aromatic hydroxyl groups is 1. The van der Waals surface area contributed by atoms with E-state index >= 15 is 0 Å². The first-order valence-electron chi connectivity index (χ1n) is 9.64. The van der Waals surface area contributed by atoms with Crippen molar-refractivity contribution in [1.82, 2.24) is 0 Å². The van der Waals surface area contributed by atoms with Gasteiger partial charge in [-0.1, -0.05) is 48.5 Å². The number of rotatable bonds is 3. The van der Waals surface area contributed by atoms with E-state index in [0.29, 0.717) is 17.5 Å². The Balaban J connectivity index is 2.13. The molecule has 2 heteroatoms. The number of allylic oxidation sites excluding steroid dienone is 1. The van der Waals surface area contributed by atoms with E-state index in [2.05, 4.69) is 66.7 Å². The van der Waals surface area contributed by atoms with Crippen molar-refractivity contribution in [2.75, 3.05) is 0 Å². The number of hydrogen-bond acceptors (Lipinski definition) is 2. The topological polar surface area (TPSA) is 37.3 Å². The molecule has 0 spiro atoms. The zero-order valence-electron chi connectivity index (χ0n) is 16.7. The van der Waals surface area contributed by atoms with Crippen LogP contribution in [0, 0.1) is 16.7 Å². The molecule has 1 aromatic carbocycles. The molecule has 1 N–H and O–H groups in total. The molecule has 0 aromatic heterocycles. The highest BCUT2D eigenvalue weighted by molar-refractivity contribution is 6.08. The maximum Gasteiger partial charge on any atom is 0.165 e. The molecule has 2 nitrogen and oxygen atoms in total. The average molecular weight is 341 g/mol. The van der Waals surface area contributed by atoms with E-state index in [-0.39, 0.29) is 22.7 Å². The van der Waals surface area contributed by atoms with Crippen LogP contribution in [0.1, 0.15) is 89.8 Å². The SMILES string of the molecule is CC(C)c1cc(C=C2C(=O)C3(C)CCC2C3(C)C)cc(C(C)C)c1O. The number of ketones is 1. The molecule has 0 radical (unpaired) electrons. The third-order valence-corrected chi connectivity index (χ3v) is 7.12. The maximum atomic E-state index is 13.1. The molecule has 0 aliphatic heterocycles. The fourth-order valence-corrected chi connectivity index (χ4v) is 4.94. The molecule has 0 heterocycles. The molecular weight excluding hydrogens is 308 g/mol. The van der Waals surface area contributed by atoms with Crippen molar-refractivity contribution in [3.63, 3.8) is 0 Å². The molecule has 2 atom stereocenters. The summed E-state index contributed by atoms with van der Waals surface area (Å²) in [6.07, 6.45) is 4.22. The summed E-state index contributed by atoms with van der Waals surface area (Å²) in [6.45, 7) is 15.0. The highest BCUT2D eigenvalue weighted by atomic mass is 16.3. The third-order valence-electron chi connectivity index (χ3n) is 7.12. The second kappa shape index (κ2) is 5.72. The van der Waals surface area contributed by atoms with E-state index in [9.17, 15) is 9.90 Å². The van der Waals surface area contributed by atoms with Gasteiger partial charge in [0.15, 0.2) is 5.78 Å². The van der Waals surface area contributed by atoms with E-state index in [0.717, 1.165) is 35.1 Å². The van der Waals surface area contributed by atoms with Crippen LogP contribution in [0.3, 0.4) is 0 Å². The maximum absolute atomic E-state index is 13.1. The van der Waals surface area contributed by atoms with E-state index in [1.54, 1.807) is 0 Å². The molecular formula is C23H32O2. The molecule has 0 amide bonds. The predicted molar refractivity (Wildman–Crippen MR) is 104 cm³/mol. The molecule has 25 heavy (non-hydrogen) atoms. The van der Waals surface area contributed by atoms with Crippen LogP contribution in [0.2, 0.25) is 0 Å². The summed E-state index contributed by atoms with van der Waals surface area (Å²) < 4.78 is 0. The van der Waals surface area contributed by atoms with Gasteiger partial charge in [0.1, 0.15) is 5.75 Å². The molecule has 1 aromatic rings. The Bertz CT molecular complexity index is 722. The molecule has 136 valence electrons. The van der Waals surface area contributed by atoms with Crippen molar-refractivity contribution in [1.29, 1.82) is 0 Å². The zero-order chi connectivity index (χ0) is 18.7. The Morgan fingerprint density at radius 3 is 2.00 bits per heavy atom. The lowest BCUT2D eigenvalue weighted by atomic mass is 9.70. The zero-order valence-corrected chi connectivity index (χ0v) is 16.7. The molecule has 2 aliphatic carbocycles. The number of hydrogen-bond donors (Lipinski definition) is 1. The summed E-state index contributed by atoms with van der Waals surface area (Å²) in [5, 5.41) is 10.6. The molecule has 2 bridgehead atoms. The van der Waals surface area contributed by atoms with E-state index < -0.39 is 0 Å². The third kappa shape index (κ3) is 2.48. The molecule has 2 aliphatic rings. The average Bonchev–Trinajstić information content (AvgIpc) is 2.82. The van der Waals surface area contributed by atoms with Crippen LogP contribution in [0.5, 0.6) is 5.75 Å². The normalized spacial score (nSPS) is 29.4. The van der Waals surface area contributed by atoms with Crippen molar-refractivity contribution >= 4 is 11.9 Å². The highest BCUT2D eigenvalue weighted by Gasteiger charge is 2.63. The Kier molecular flexibility index (Phi) is 4.17. The predicted octanol–water partition coefficient (Wildman–Crippen LogP) is 6.05. The van der Waals surface area contributed by atoms with Gasteiger partial charge in [0.05, 0.1) is 0 Å². The quantitative estimate of drug-likeness (QED) is 0.680. The largest absolute Gasteiger partial charge is 0.507 e. The van der Waals surface area contributed by atoms with Crippen molar-refractivity contribution in [3.05, 3.63) is 34.4 Å². The van der Waals surface area contributed by atoms with Crippen LogP contribution >= 0.6 is 0 Å². The summed E-state index contributed by atoms with van der Waals surface area (Å²) in [5.41, 5.74) is 3.81. The Labute approximate surface area is 152 Å². The van der Waals surface area contributed by atoms with Crippen molar-refractivity contribution in [2.45, 2.75) is 73.1 Å². The van der Waals surface area contributed by atoms with Gasteiger partial charge in [0, 0.05) is 5.41 Å². The molecule has 3 rings (SSSR count). The van der Waals surface area contributed by atoms with Crippen LogP contribution in [0.15, 0.2) is 17.7 Å². The second-order valence-corrected chi connectivity index (χ2v) is 9.43. The molecule has 0 saturated heterocycles. The van der Waals surface area contributed by atoms with Crippen molar-refractivity contribution < 1.29 is 9.90 Å². The van der Waals surface area contributed by atoms with Crippen LogP contribution in [0.25, 0.3) is 6.08 Å². The minimum atomic E-state index is -0.220. The summed E-state index contributed by atoms with van der Waals surface area (Å²) in [4.78, 5) is 13.1. The lowest BCUT2D eigenvalue weighted by Crippen LogP contribution is -2.32. The number of phenols is 1. The van der Waals surface area contributed by atoms with Gasteiger partial charge in [-0.2, -0.15) is 0 Å². The standard InChI is InChI=1S/C23H32O2/c1-13(2)16-10-15(11-17(14(3)4)20(16)24)12-18-19-8-9-23(7,21(18)25)22(19,5)6/h10-14,19,24H,8-9H2,1-7H3. The van der Waals surface area contributed by atoms with E-state index in [4.69, 9.17) is 0 Å². The van der Waals surface area contributed by atoms with Gasteiger partial charge in [-0.3, -0.25) is 4.79 Å². The van der Waals surface area contributed by atoms with Crippen LogP contribution in [-0.4, -0.2) is 10.9 Å². The molecule has 2 unspecified atom stereocenters. The van der Waals surface area contributed by atoms with Crippen LogP contribution in [-0.2, 0) is 4.79 Å². The second-order valence-electron chi connectivity index (χ2n) is 9.43. The first-order chi connectivity index (χ1) is 11.5. The lowest BCUT2D eigenvalue weighted by molar-refractivity contribution is -0.125. The number of phenolic OH excluding ortho intramolecular Hbond substituents is 1. The number of benzene rings is 1. The number of carbonyl (C=O) groups excluding carboxylic acids is 1. The molecule has 2 saturated carbocycles. The van der Waals surface area contributed by atoms with E-state index in [1.807, 2.05) is 0 Å². The summed E-state index contributed by atoms with van der Waals surface area (Å²) in [5.74, 6) is 1.60. The van der Waals surface area contributed by atoms with Crippen LogP contribution < -0.4 is 0 Å².